The number of imidazole rings is 1. The van der Waals surface area contributed by atoms with Crippen LogP contribution in [0.5, 0.6) is 5.75 Å². The first-order chi connectivity index (χ1) is 12.8. The van der Waals surface area contributed by atoms with Crippen LogP contribution in [-0.2, 0) is 26.6 Å². The molecule has 1 N–H and O–H groups in total. The first-order valence-corrected chi connectivity index (χ1v) is 9.62. The summed E-state index contributed by atoms with van der Waals surface area (Å²) in [6, 6.07) is 1.41. The highest BCUT2D eigenvalue weighted by atomic mass is 32.2. The molecule has 10 heteroatoms. The number of rotatable bonds is 7. The zero-order valence-electron chi connectivity index (χ0n) is 14.7. The van der Waals surface area contributed by atoms with E-state index in [-0.39, 0.29) is 29.1 Å². The van der Waals surface area contributed by atoms with E-state index in [1.54, 1.807) is 30.7 Å². The summed E-state index contributed by atoms with van der Waals surface area (Å²) in [7, 11) is -2.26. The first kappa shape index (κ1) is 18.9. The number of carbonyl (C=O) groups excluding carboxylic acids is 1. The number of nitrogens with one attached hydrogen (secondary N) is 1. The minimum atomic E-state index is -3.91. The standard InChI is InChI=1S/C17H18FN3O5S/c1-3-25-14(22)9-26-17-12(20-27(23,24)11-6-4-5-7-11)8-13-16(15(17)18)19-10-21(13)2/h4-6,8,10,20H,3,7,9H2,1-2H3. The average Bonchev–Trinajstić information content (AvgIpc) is 3.26. The molecule has 0 amide bonds. The van der Waals surface area contributed by atoms with E-state index in [1.807, 2.05) is 0 Å². The third-order valence-corrected chi connectivity index (χ3v) is 5.36. The van der Waals surface area contributed by atoms with Crippen molar-refractivity contribution in [2.24, 2.45) is 7.05 Å². The van der Waals surface area contributed by atoms with Gasteiger partial charge in [-0.05, 0) is 19.1 Å². The summed E-state index contributed by atoms with van der Waals surface area (Å²) in [6.45, 7) is 1.20. The van der Waals surface area contributed by atoms with Gasteiger partial charge in [0.05, 0.1) is 29.0 Å². The number of esters is 1. The molecule has 1 aromatic heterocycles. The number of aryl methyl sites for hydroxylation is 1. The molecule has 1 aliphatic carbocycles. The number of ether oxygens (including phenoxy) is 2. The van der Waals surface area contributed by atoms with E-state index in [2.05, 4.69) is 9.71 Å². The van der Waals surface area contributed by atoms with Crippen LogP contribution in [0.25, 0.3) is 11.0 Å². The minimum Gasteiger partial charge on any atom is -0.477 e. The van der Waals surface area contributed by atoms with Crippen LogP contribution in [0.1, 0.15) is 13.3 Å². The van der Waals surface area contributed by atoms with Crippen LogP contribution in [0.2, 0.25) is 0 Å². The number of fused-ring (bicyclic) bond motifs is 1. The zero-order valence-corrected chi connectivity index (χ0v) is 15.5. The van der Waals surface area contributed by atoms with Gasteiger partial charge < -0.3 is 14.0 Å². The molecule has 27 heavy (non-hydrogen) atoms. The molecule has 0 bridgehead atoms. The highest BCUT2D eigenvalue weighted by Gasteiger charge is 2.25. The molecule has 1 aliphatic rings. The second-order valence-corrected chi connectivity index (χ2v) is 7.49. The zero-order chi connectivity index (χ0) is 19.6. The molecular weight excluding hydrogens is 377 g/mol. The van der Waals surface area contributed by atoms with Crippen molar-refractivity contribution in [1.29, 1.82) is 0 Å². The largest absolute Gasteiger partial charge is 0.477 e. The smallest absolute Gasteiger partial charge is 0.344 e. The number of allylic oxidation sites excluding steroid dienone is 4. The normalized spacial score (nSPS) is 13.7. The molecule has 8 nitrogen and oxygen atoms in total. The van der Waals surface area contributed by atoms with E-state index in [9.17, 15) is 17.6 Å². The lowest BCUT2D eigenvalue weighted by atomic mass is 10.2. The van der Waals surface area contributed by atoms with Gasteiger partial charge in [-0.3, -0.25) is 4.72 Å². The Kier molecular flexibility index (Phi) is 5.17. The first-order valence-electron chi connectivity index (χ1n) is 8.14. The molecule has 1 heterocycles. The van der Waals surface area contributed by atoms with Crippen molar-refractivity contribution in [2.45, 2.75) is 13.3 Å². The molecule has 0 radical (unpaired) electrons. The topological polar surface area (TPSA) is 99.5 Å². The van der Waals surface area contributed by atoms with Crippen molar-refractivity contribution in [3.8, 4) is 5.75 Å². The fourth-order valence-electron chi connectivity index (χ4n) is 2.59. The summed E-state index contributed by atoms with van der Waals surface area (Å²) in [5.41, 5.74) is 0.244. The Morgan fingerprint density at radius 3 is 2.89 bits per heavy atom. The second kappa shape index (κ2) is 7.39. The Labute approximate surface area is 155 Å². The number of hydrogen-bond donors (Lipinski definition) is 1. The van der Waals surface area contributed by atoms with E-state index in [0.29, 0.717) is 5.52 Å². The highest BCUT2D eigenvalue weighted by Crippen LogP contribution is 2.35. The summed E-state index contributed by atoms with van der Waals surface area (Å²) in [5, 5.41) is 0. The number of halogens is 1. The van der Waals surface area contributed by atoms with Crippen LogP contribution in [0.15, 0.2) is 35.5 Å². The van der Waals surface area contributed by atoms with Crippen LogP contribution in [0.3, 0.4) is 0 Å². The maximum Gasteiger partial charge on any atom is 0.344 e. The van der Waals surface area contributed by atoms with Crippen molar-refractivity contribution in [3.63, 3.8) is 0 Å². The van der Waals surface area contributed by atoms with E-state index < -0.39 is 34.2 Å². The fourth-order valence-corrected chi connectivity index (χ4v) is 3.74. The predicted octanol–water partition coefficient (Wildman–Crippen LogP) is 2.24. The SMILES string of the molecule is CCOC(=O)COc1c(NS(=O)(=O)C2=CC=CC2)cc2c(ncn2C)c1F. The Morgan fingerprint density at radius 2 is 2.22 bits per heavy atom. The Bertz CT molecular complexity index is 1060. The lowest BCUT2D eigenvalue weighted by molar-refractivity contribution is -0.145. The molecule has 0 saturated heterocycles. The molecule has 0 aliphatic heterocycles. The quantitative estimate of drug-likeness (QED) is 0.722. The number of benzene rings is 1. The van der Waals surface area contributed by atoms with Crippen molar-refractivity contribution in [3.05, 3.63) is 41.3 Å². The maximum absolute atomic E-state index is 14.9. The van der Waals surface area contributed by atoms with Crippen molar-refractivity contribution >= 4 is 32.7 Å². The van der Waals surface area contributed by atoms with Crippen molar-refractivity contribution in [2.75, 3.05) is 17.9 Å². The van der Waals surface area contributed by atoms with Crippen molar-refractivity contribution < 1.29 is 27.1 Å². The van der Waals surface area contributed by atoms with E-state index in [4.69, 9.17) is 9.47 Å². The summed E-state index contributed by atoms with van der Waals surface area (Å²) < 4.78 is 53.9. The number of anilines is 1. The Hall–Kier alpha value is -2.88. The molecule has 0 fully saturated rings. The van der Waals surface area contributed by atoms with E-state index >= 15 is 0 Å². The number of sulfonamides is 1. The third-order valence-electron chi connectivity index (χ3n) is 3.88. The van der Waals surface area contributed by atoms with Gasteiger partial charge in [0.15, 0.2) is 18.2 Å². The van der Waals surface area contributed by atoms with Gasteiger partial charge in [-0.2, -0.15) is 0 Å². The average molecular weight is 395 g/mol. The lowest BCUT2D eigenvalue weighted by Crippen LogP contribution is -2.18. The maximum atomic E-state index is 14.9. The molecule has 0 unspecified atom stereocenters. The summed E-state index contributed by atoms with van der Waals surface area (Å²) in [4.78, 5) is 15.6. The van der Waals surface area contributed by atoms with Crippen LogP contribution in [0.4, 0.5) is 10.1 Å². The third kappa shape index (κ3) is 3.80. The lowest BCUT2D eigenvalue weighted by Gasteiger charge is -2.15. The van der Waals surface area contributed by atoms with Crippen LogP contribution < -0.4 is 9.46 Å². The molecule has 0 saturated carbocycles. The number of carbonyl (C=O) groups is 1. The molecule has 0 spiro atoms. The van der Waals surface area contributed by atoms with Crippen LogP contribution in [0, 0.1) is 5.82 Å². The van der Waals surface area contributed by atoms with Gasteiger partial charge in [0, 0.05) is 13.5 Å². The highest BCUT2D eigenvalue weighted by molar-refractivity contribution is 7.96. The van der Waals surface area contributed by atoms with E-state index in [1.165, 1.54) is 18.5 Å². The van der Waals surface area contributed by atoms with Gasteiger partial charge in [0.2, 0.25) is 0 Å². The van der Waals surface area contributed by atoms with Crippen LogP contribution in [-0.4, -0.2) is 37.2 Å². The van der Waals surface area contributed by atoms with Gasteiger partial charge in [0.25, 0.3) is 10.0 Å². The molecule has 0 atom stereocenters. The number of aromatic nitrogens is 2. The monoisotopic (exact) mass is 395 g/mol. The van der Waals surface area contributed by atoms with Gasteiger partial charge in [-0.25, -0.2) is 22.6 Å². The minimum absolute atomic E-state index is 0.000977. The molecule has 144 valence electrons. The summed E-state index contributed by atoms with van der Waals surface area (Å²) in [6.07, 6.45) is 6.41. The Morgan fingerprint density at radius 1 is 1.44 bits per heavy atom. The fraction of sp³-hybridized carbons (Fsp3) is 0.294. The van der Waals surface area contributed by atoms with Gasteiger partial charge >= 0.3 is 5.97 Å². The Balaban J connectivity index is 2.01. The van der Waals surface area contributed by atoms with Gasteiger partial charge in [0.1, 0.15) is 5.52 Å². The molecule has 2 aromatic rings. The molecule has 3 rings (SSSR count). The summed E-state index contributed by atoms with van der Waals surface area (Å²) >= 11 is 0. The molecule has 1 aromatic carbocycles. The van der Waals surface area contributed by atoms with Gasteiger partial charge in [-0.1, -0.05) is 12.2 Å². The van der Waals surface area contributed by atoms with Crippen molar-refractivity contribution in [1.82, 2.24) is 9.55 Å². The number of hydrogen-bond acceptors (Lipinski definition) is 6. The van der Waals surface area contributed by atoms with E-state index in [0.717, 1.165) is 0 Å². The second-order valence-electron chi connectivity index (χ2n) is 5.75. The molecular formula is C17H18FN3O5S. The van der Waals surface area contributed by atoms with Gasteiger partial charge in [-0.15, -0.1) is 0 Å². The summed E-state index contributed by atoms with van der Waals surface area (Å²) in [5.74, 6) is -1.98. The number of nitrogens with zero attached hydrogens (tertiary/aromatic N) is 2. The van der Waals surface area contributed by atoms with Crippen LogP contribution >= 0.6 is 0 Å². The predicted molar refractivity (Wildman–Crippen MR) is 97.2 cm³/mol.